The van der Waals surface area contributed by atoms with Crippen LogP contribution in [0.2, 0.25) is 0 Å². The highest BCUT2D eigenvalue weighted by Crippen LogP contribution is 2.41. The Morgan fingerprint density at radius 2 is 0.879 bits per heavy atom. The number of aryl methyl sites for hydroxylation is 6. The van der Waals surface area contributed by atoms with E-state index in [0.717, 1.165) is 55.5 Å². The highest BCUT2D eigenvalue weighted by atomic mass is 15.3. The monoisotopic (exact) mass is 850 g/mol. The average Bonchev–Trinajstić information content (AvgIpc) is 3.34. The van der Waals surface area contributed by atoms with Gasteiger partial charge in [-0.2, -0.15) is 9.97 Å². The Morgan fingerprint density at radius 3 is 1.55 bits per heavy atom. The van der Waals surface area contributed by atoms with Gasteiger partial charge in [-0.3, -0.25) is 4.90 Å². The van der Waals surface area contributed by atoms with E-state index in [1.165, 1.54) is 49.8 Å². The third-order valence-electron chi connectivity index (χ3n) is 12.8. The molecule has 0 bridgehead atoms. The first-order chi connectivity index (χ1) is 32.2. The zero-order chi connectivity index (χ0) is 45.3. The van der Waals surface area contributed by atoms with Gasteiger partial charge in [0.05, 0.1) is 5.69 Å². The van der Waals surface area contributed by atoms with Crippen molar-refractivity contribution in [2.75, 3.05) is 4.90 Å². The normalized spacial score (nSPS) is 11.2. The Balaban J connectivity index is 1.22. The van der Waals surface area contributed by atoms with E-state index in [9.17, 15) is 0 Å². The van der Waals surface area contributed by atoms with Crippen molar-refractivity contribution in [3.8, 4) is 45.0 Å². The first kappa shape index (κ1) is 42.1. The predicted molar refractivity (Wildman–Crippen MR) is 280 cm³/mol. The lowest BCUT2D eigenvalue weighted by Gasteiger charge is -2.28. The zero-order valence-corrected chi connectivity index (χ0v) is 38.4. The third-order valence-corrected chi connectivity index (χ3v) is 12.8. The van der Waals surface area contributed by atoms with Crippen LogP contribution in [0.15, 0.2) is 200 Å². The van der Waals surface area contributed by atoms with E-state index < -0.39 is 0 Å². The van der Waals surface area contributed by atoms with Gasteiger partial charge in [-0.25, -0.2) is 4.98 Å². The molecule has 0 amide bonds. The molecule has 10 aromatic rings. The van der Waals surface area contributed by atoms with Crippen LogP contribution in [0.3, 0.4) is 0 Å². The van der Waals surface area contributed by atoms with Gasteiger partial charge < -0.3 is 0 Å². The number of hydrogen-bond donors (Lipinski definition) is 0. The quantitative estimate of drug-likeness (QED) is 0.129. The molecule has 0 N–H and O–H groups in total. The summed E-state index contributed by atoms with van der Waals surface area (Å²) in [6.07, 6.45) is 0. The number of anilines is 3. The summed E-state index contributed by atoms with van der Waals surface area (Å²) >= 11 is 0. The van der Waals surface area contributed by atoms with Gasteiger partial charge in [0, 0.05) is 22.4 Å². The fraction of sp³-hybridized carbons (Fsp3) is 0.0984. The first-order valence-electron chi connectivity index (χ1n) is 22.8. The van der Waals surface area contributed by atoms with Gasteiger partial charge in [0.1, 0.15) is 0 Å². The molecule has 0 aliphatic rings. The minimum absolute atomic E-state index is 0.0314. The van der Waals surface area contributed by atoms with Crippen LogP contribution in [0.4, 0.5) is 17.3 Å². The van der Waals surface area contributed by atoms with E-state index in [1.54, 1.807) is 0 Å². The highest BCUT2D eigenvalue weighted by molar-refractivity contribution is 6.96. The van der Waals surface area contributed by atoms with E-state index >= 15 is 0 Å². The lowest BCUT2D eigenvalue weighted by molar-refractivity contribution is 1.02. The van der Waals surface area contributed by atoms with Crippen molar-refractivity contribution in [1.29, 1.82) is 0 Å². The van der Waals surface area contributed by atoms with E-state index in [-0.39, 0.29) is 6.71 Å². The van der Waals surface area contributed by atoms with Crippen LogP contribution in [0.1, 0.15) is 33.4 Å². The fourth-order valence-electron chi connectivity index (χ4n) is 10.1. The molecule has 4 nitrogen and oxygen atoms in total. The lowest BCUT2D eigenvalue weighted by Crippen LogP contribution is -2.55. The van der Waals surface area contributed by atoms with Crippen LogP contribution >= 0.6 is 0 Å². The molecule has 1 heterocycles. The summed E-state index contributed by atoms with van der Waals surface area (Å²) in [5.74, 6) is 1.72. The van der Waals surface area contributed by atoms with Crippen molar-refractivity contribution in [3.63, 3.8) is 0 Å². The molecular weight excluding hydrogens is 800 g/mol. The Kier molecular flexibility index (Phi) is 11.4. The fourth-order valence-corrected chi connectivity index (χ4v) is 10.1. The number of nitrogens with zero attached hydrogens (tertiary/aromatic N) is 4. The Morgan fingerprint density at radius 1 is 0.379 bits per heavy atom. The van der Waals surface area contributed by atoms with Crippen molar-refractivity contribution < 1.29 is 0 Å². The summed E-state index contributed by atoms with van der Waals surface area (Å²) in [5.41, 5.74) is 19.8. The van der Waals surface area contributed by atoms with Crippen LogP contribution in [0.25, 0.3) is 55.8 Å². The van der Waals surface area contributed by atoms with Gasteiger partial charge in [0.25, 0.3) is 0 Å². The summed E-state index contributed by atoms with van der Waals surface area (Å²) in [4.78, 5) is 18.4. The lowest BCUT2D eigenvalue weighted by atomic mass is 9.34. The highest BCUT2D eigenvalue weighted by Gasteiger charge is 2.30. The molecule has 9 aromatic carbocycles. The molecule has 0 aliphatic heterocycles. The number of aromatic nitrogens is 3. The maximum Gasteiger partial charge on any atom is 0.242 e. The van der Waals surface area contributed by atoms with E-state index in [2.05, 4.69) is 241 Å². The molecule has 1 aromatic heterocycles. The van der Waals surface area contributed by atoms with E-state index in [1.807, 2.05) is 6.07 Å². The van der Waals surface area contributed by atoms with E-state index in [4.69, 9.17) is 15.0 Å². The van der Waals surface area contributed by atoms with Crippen LogP contribution in [0.5, 0.6) is 0 Å². The molecular formula is C61H51BN4. The second-order valence-electron chi connectivity index (χ2n) is 17.6. The summed E-state index contributed by atoms with van der Waals surface area (Å²) in [7, 11) is 0. The molecule has 66 heavy (non-hydrogen) atoms. The molecule has 5 heteroatoms. The molecule has 0 atom stereocenters. The summed E-state index contributed by atoms with van der Waals surface area (Å²) in [6, 6.07) is 71.3. The number of hydrogen-bond acceptors (Lipinski definition) is 4. The van der Waals surface area contributed by atoms with Crippen molar-refractivity contribution in [3.05, 3.63) is 234 Å². The van der Waals surface area contributed by atoms with Crippen molar-refractivity contribution in [2.24, 2.45) is 0 Å². The first-order valence-corrected chi connectivity index (χ1v) is 22.8. The Labute approximate surface area is 389 Å². The Hall–Kier alpha value is -7.89. The molecule has 0 radical (unpaired) electrons. The second kappa shape index (κ2) is 17.9. The molecule has 0 saturated carbocycles. The SMILES string of the molecule is Cc1cc(C)c(B(c2ccc(N(c3nc(-c4cccc(-c5ccccc5)c4)nc(-c4cccc5ccccc45)n3)c3ccccc3-c3ccccc3)cc2)c2c(C)cc(C)cc2C)c(C)c1. The molecule has 0 spiro atoms. The van der Waals surface area contributed by atoms with Gasteiger partial charge in [0.15, 0.2) is 11.6 Å². The van der Waals surface area contributed by atoms with Gasteiger partial charge in [-0.05, 0) is 93.3 Å². The van der Waals surface area contributed by atoms with Gasteiger partial charge in [-0.1, -0.05) is 226 Å². The maximum absolute atomic E-state index is 5.47. The number of fused-ring (bicyclic) bond motifs is 1. The average molecular weight is 851 g/mol. The van der Waals surface area contributed by atoms with E-state index in [0.29, 0.717) is 17.6 Å². The van der Waals surface area contributed by atoms with Gasteiger partial charge in [0.2, 0.25) is 12.7 Å². The number of para-hydroxylation sites is 1. The topological polar surface area (TPSA) is 41.9 Å². The molecule has 0 fully saturated rings. The van der Waals surface area contributed by atoms with Crippen LogP contribution in [-0.2, 0) is 0 Å². The molecule has 0 saturated heterocycles. The van der Waals surface area contributed by atoms with Crippen molar-refractivity contribution in [1.82, 2.24) is 15.0 Å². The Bertz CT molecular complexity index is 3270. The second-order valence-corrected chi connectivity index (χ2v) is 17.6. The molecule has 0 aliphatic carbocycles. The van der Waals surface area contributed by atoms with Crippen LogP contribution < -0.4 is 21.3 Å². The molecule has 10 rings (SSSR count). The minimum Gasteiger partial charge on any atom is -0.278 e. The van der Waals surface area contributed by atoms with Gasteiger partial charge >= 0.3 is 0 Å². The summed E-state index contributed by atoms with van der Waals surface area (Å²) in [5, 5.41) is 2.20. The smallest absolute Gasteiger partial charge is 0.242 e. The van der Waals surface area contributed by atoms with Crippen molar-refractivity contribution >= 4 is 51.2 Å². The minimum atomic E-state index is 0.0314. The standard InChI is InChI=1S/C61H51BN4/c1-40-35-42(3)57(43(4)36-40)62(58-44(5)37-41(2)38-45(58)6)51-31-33-52(34-32-51)66(56-30-16-15-28-54(56)48-21-11-8-12-22-48)61-64-59(50-26-17-25-49(39-50)46-19-9-7-10-20-46)63-60(65-61)55-29-18-24-47-23-13-14-27-53(47)55/h7-39H,1-6H3. The molecule has 318 valence electrons. The number of benzene rings is 9. The zero-order valence-electron chi connectivity index (χ0n) is 38.4. The number of rotatable bonds is 10. The predicted octanol–water partition coefficient (Wildman–Crippen LogP) is 13.5. The van der Waals surface area contributed by atoms with Crippen LogP contribution in [-0.4, -0.2) is 21.7 Å². The third kappa shape index (κ3) is 8.21. The molecule has 0 unspecified atom stereocenters. The van der Waals surface area contributed by atoms with Crippen molar-refractivity contribution in [2.45, 2.75) is 41.5 Å². The summed E-state index contributed by atoms with van der Waals surface area (Å²) < 4.78 is 0. The van der Waals surface area contributed by atoms with Gasteiger partial charge in [-0.15, -0.1) is 0 Å². The summed E-state index contributed by atoms with van der Waals surface area (Å²) in [6.45, 7) is 13.5. The maximum atomic E-state index is 5.47. The van der Waals surface area contributed by atoms with Crippen LogP contribution in [0, 0.1) is 41.5 Å². The largest absolute Gasteiger partial charge is 0.278 e.